The van der Waals surface area contributed by atoms with Gasteiger partial charge in [-0.3, -0.25) is 9.59 Å². The van der Waals surface area contributed by atoms with Gasteiger partial charge in [0, 0.05) is 11.3 Å². The molecule has 0 heterocycles. The zero-order valence-electron chi connectivity index (χ0n) is 16.2. The molecule has 0 unspecified atom stereocenters. The molecule has 0 aromatic heterocycles. The number of anilines is 3. The van der Waals surface area contributed by atoms with Gasteiger partial charge in [0.15, 0.2) is 0 Å². The number of benzene rings is 3. The van der Waals surface area contributed by atoms with Crippen LogP contribution in [-0.2, 0) is 10.2 Å². The van der Waals surface area contributed by atoms with Gasteiger partial charge in [0.2, 0.25) is 5.91 Å². The maximum atomic E-state index is 13.1. The summed E-state index contributed by atoms with van der Waals surface area (Å²) in [6, 6.07) is 19.8. The number of nitrogens with two attached hydrogens (primary N) is 1. The van der Waals surface area contributed by atoms with Crippen LogP contribution in [0, 0.1) is 5.82 Å². The van der Waals surface area contributed by atoms with Crippen molar-refractivity contribution >= 4 is 28.9 Å². The highest BCUT2D eigenvalue weighted by molar-refractivity contribution is 6.06. The van der Waals surface area contributed by atoms with E-state index in [1.165, 1.54) is 12.1 Å². The molecule has 2 amide bonds. The molecule has 3 rings (SSSR count). The van der Waals surface area contributed by atoms with Crippen LogP contribution in [0.15, 0.2) is 72.8 Å². The zero-order chi connectivity index (χ0) is 21.0. The number of nitrogen functional groups attached to an aromatic ring is 1. The highest BCUT2D eigenvalue weighted by Crippen LogP contribution is 2.25. The molecule has 0 bridgehead atoms. The Morgan fingerprint density at radius 1 is 0.897 bits per heavy atom. The molecule has 0 radical (unpaired) electrons. The number of rotatable bonds is 5. The summed E-state index contributed by atoms with van der Waals surface area (Å²) in [6.45, 7) is 3.71. The third-order valence-electron chi connectivity index (χ3n) is 4.73. The van der Waals surface area contributed by atoms with Crippen LogP contribution in [0.25, 0.3) is 0 Å². The van der Waals surface area contributed by atoms with E-state index in [0.29, 0.717) is 16.9 Å². The lowest BCUT2D eigenvalue weighted by Crippen LogP contribution is -2.34. The molecule has 0 atom stereocenters. The lowest BCUT2D eigenvalue weighted by molar-refractivity contribution is -0.120. The fraction of sp³-hybridized carbons (Fsp3) is 0.130. The van der Waals surface area contributed by atoms with Gasteiger partial charge in [0.25, 0.3) is 5.91 Å². The molecule has 6 heteroatoms. The first-order chi connectivity index (χ1) is 13.8. The number of carbonyl (C=O) groups excluding carboxylic acids is 2. The number of halogens is 1. The molecule has 148 valence electrons. The maximum absolute atomic E-state index is 13.1. The number of nitrogens with one attached hydrogen (secondary N) is 2. The zero-order valence-corrected chi connectivity index (χ0v) is 16.2. The van der Waals surface area contributed by atoms with E-state index in [1.807, 2.05) is 44.2 Å². The minimum atomic E-state index is -0.711. The minimum absolute atomic E-state index is 0.144. The smallest absolute Gasteiger partial charge is 0.255 e. The van der Waals surface area contributed by atoms with E-state index in [0.717, 1.165) is 11.6 Å². The van der Waals surface area contributed by atoms with Crippen LogP contribution < -0.4 is 16.4 Å². The molecule has 0 saturated carbocycles. The summed E-state index contributed by atoms with van der Waals surface area (Å²) in [6.07, 6.45) is 0. The molecular weight excluding hydrogens is 369 g/mol. The first-order valence-electron chi connectivity index (χ1n) is 9.11. The highest BCUT2D eigenvalue weighted by Gasteiger charge is 2.29. The summed E-state index contributed by atoms with van der Waals surface area (Å²) in [5.41, 5.74) is 7.35. The lowest BCUT2D eigenvalue weighted by Gasteiger charge is -2.24. The third-order valence-corrected chi connectivity index (χ3v) is 4.73. The molecule has 5 nitrogen and oxygen atoms in total. The molecule has 29 heavy (non-hydrogen) atoms. The molecule has 0 aliphatic rings. The van der Waals surface area contributed by atoms with E-state index in [-0.39, 0.29) is 17.5 Å². The average Bonchev–Trinajstić information content (AvgIpc) is 2.71. The van der Waals surface area contributed by atoms with Crippen LogP contribution in [0.5, 0.6) is 0 Å². The molecule has 0 fully saturated rings. The van der Waals surface area contributed by atoms with E-state index >= 15 is 0 Å². The Kier molecular flexibility index (Phi) is 5.64. The van der Waals surface area contributed by atoms with Gasteiger partial charge in [-0.25, -0.2) is 4.39 Å². The quantitative estimate of drug-likeness (QED) is 0.557. The van der Waals surface area contributed by atoms with Crippen LogP contribution in [0.2, 0.25) is 0 Å². The molecule has 3 aromatic rings. The predicted molar refractivity (Wildman–Crippen MR) is 113 cm³/mol. The molecule has 0 saturated heterocycles. The number of amides is 2. The van der Waals surface area contributed by atoms with Gasteiger partial charge in [-0.05, 0) is 61.9 Å². The summed E-state index contributed by atoms with van der Waals surface area (Å²) >= 11 is 0. The van der Waals surface area contributed by atoms with Crippen LogP contribution in [0.3, 0.4) is 0 Å². The topological polar surface area (TPSA) is 84.2 Å². The monoisotopic (exact) mass is 391 g/mol. The standard InChI is InChI=1S/C23H22FN3O2/c1-23(2,16-6-4-3-5-7-16)22(29)26-18-11-8-15(9-12-18)21(28)27-20-13-10-17(24)14-19(20)25/h3-14H,25H2,1-2H3,(H,26,29)(H,27,28). The Bertz CT molecular complexity index is 1030. The SMILES string of the molecule is CC(C)(C(=O)Nc1ccc(C(=O)Nc2ccc(F)cc2N)cc1)c1ccccc1. The molecular formula is C23H22FN3O2. The van der Waals surface area contributed by atoms with Gasteiger partial charge in [-0.15, -0.1) is 0 Å². The third kappa shape index (κ3) is 4.60. The average molecular weight is 391 g/mol. The normalized spacial score (nSPS) is 11.0. The summed E-state index contributed by atoms with van der Waals surface area (Å²) in [7, 11) is 0. The van der Waals surface area contributed by atoms with Crippen molar-refractivity contribution in [3.63, 3.8) is 0 Å². The van der Waals surface area contributed by atoms with Crippen LogP contribution in [-0.4, -0.2) is 11.8 Å². The fourth-order valence-corrected chi connectivity index (χ4v) is 2.82. The highest BCUT2D eigenvalue weighted by atomic mass is 19.1. The summed E-state index contributed by atoms with van der Waals surface area (Å²) in [5.74, 6) is -1.01. The van der Waals surface area contributed by atoms with E-state index in [2.05, 4.69) is 10.6 Å². The van der Waals surface area contributed by atoms with Crippen molar-refractivity contribution in [1.82, 2.24) is 0 Å². The van der Waals surface area contributed by atoms with Crippen molar-refractivity contribution in [3.8, 4) is 0 Å². The Morgan fingerprint density at radius 3 is 2.17 bits per heavy atom. The van der Waals surface area contributed by atoms with Gasteiger partial charge in [0.1, 0.15) is 5.82 Å². The first kappa shape index (κ1) is 20.1. The second-order valence-corrected chi connectivity index (χ2v) is 7.21. The Labute approximate surface area is 168 Å². The van der Waals surface area contributed by atoms with Crippen molar-refractivity contribution in [3.05, 3.63) is 89.7 Å². The fourth-order valence-electron chi connectivity index (χ4n) is 2.82. The Hall–Kier alpha value is -3.67. The lowest BCUT2D eigenvalue weighted by atomic mass is 9.83. The number of carbonyl (C=O) groups is 2. The molecule has 3 aromatic carbocycles. The predicted octanol–water partition coefficient (Wildman–Crippen LogP) is 4.58. The van der Waals surface area contributed by atoms with Crippen LogP contribution >= 0.6 is 0 Å². The second kappa shape index (κ2) is 8.14. The van der Waals surface area contributed by atoms with Crippen LogP contribution in [0.4, 0.5) is 21.5 Å². The van der Waals surface area contributed by atoms with Gasteiger partial charge in [0.05, 0.1) is 16.8 Å². The van der Waals surface area contributed by atoms with Crippen molar-refractivity contribution in [1.29, 1.82) is 0 Å². The summed E-state index contributed by atoms with van der Waals surface area (Å²) in [5, 5.41) is 5.52. The molecule has 4 N–H and O–H groups in total. The maximum Gasteiger partial charge on any atom is 0.255 e. The van der Waals surface area contributed by atoms with E-state index in [4.69, 9.17) is 5.73 Å². The summed E-state index contributed by atoms with van der Waals surface area (Å²) in [4.78, 5) is 25.1. The summed E-state index contributed by atoms with van der Waals surface area (Å²) < 4.78 is 13.1. The second-order valence-electron chi connectivity index (χ2n) is 7.21. The minimum Gasteiger partial charge on any atom is -0.397 e. The largest absolute Gasteiger partial charge is 0.397 e. The van der Waals surface area contributed by atoms with Gasteiger partial charge >= 0.3 is 0 Å². The van der Waals surface area contributed by atoms with E-state index in [9.17, 15) is 14.0 Å². The Balaban J connectivity index is 1.68. The van der Waals surface area contributed by atoms with Crippen molar-refractivity contribution in [2.75, 3.05) is 16.4 Å². The molecule has 0 spiro atoms. The number of hydrogen-bond acceptors (Lipinski definition) is 3. The van der Waals surface area contributed by atoms with Crippen LogP contribution in [0.1, 0.15) is 29.8 Å². The van der Waals surface area contributed by atoms with Gasteiger partial charge in [-0.1, -0.05) is 30.3 Å². The van der Waals surface area contributed by atoms with Gasteiger partial charge in [-0.2, -0.15) is 0 Å². The molecule has 0 aliphatic heterocycles. The van der Waals surface area contributed by atoms with Crippen molar-refractivity contribution < 1.29 is 14.0 Å². The Morgan fingerprint density at radius 2 is 1.55 bits per heavy atom. The van der Waals surface area contributed by atoms with Crippen molar-refractivity contribution in [2.45, 2.75) is 19.3 Å². The van der Waals surface area contributed by atoms with E-state index in [1.54, 1.807) is 24.3 Å². The van der Waals surface area contributed by atoms with Crippen molar-refractivity contribution in [2.24, 2.45) is 0 Å². The number of hydrogen-bond donors (Lipinski definition) is 3. The molecule has 0 aliphatic carbocycles. The van der Waals surface area contributed by atoms with Gasteiger partial charge < -0.3 is 16.4 Å². The van der Waals surface area contributed by atoms with E-state index < -0.39 is 11.2 Å². The first-order valence-corrected chi connectivity index (χ1v) is 9.11.